The van der Waals surface area contributed by atoms with E-state index < -0.39 is 5.91 Å². The van der Waals surface area contributed by atoms with Crippen molar-refractivity contribution in [3.63, 3.8) is 0 Å². The van der Waals surface area contributed by atoms with Gasteiger partial charge in [-0.2, -0.15) is 4.98 Å². The van der Waals surface area contributed by atoms with Gasteiger partial charge >= 0.3 is 11.8 Å². The molecule has 0 aliphatic rings. The summed E-state index contributed by atoms with van der Waals surface area (Å²) >= 11 is 3.16. The van der Waals surface area contributed by atoms with Gasteiger partial charge in [0.2, 0.25) is 0 Å². The maximum Gasteiger partial charge on any atom is 0.315 e. The number of furan rings is 1. The highest BCUT2D eigenvalue weighted by Crippen LogP contribution is 2.15. The first kappa shape index (κ1) is 18.8. The Morgan fingerprint density at radius 1 is 1.19 bits per heavy atom. The lowest BCUT2D eigenvalue weighted by Gasteiger charge is -2.14. The Morgan fingerprint density at radius 3 is 2.67 bits per heavy atom. The molecule has 1 N–H and O–H groups in total. The molecule has 2 amide bonds. The molecular weight excluding hydrogens is 416 g/mol. The van der Waals surface area contributed by atoms with Gasteiger partial charge in [0.25, 0.3) is 5.91 Å². The van der Waals surface area contributed by atoms with Gasteiger partial charge in [-0.1, -0.05) is 35.5 Å². The average Bonchev–Trinajstić information content (AvgIpc) is 3.33. The molecule has 3 aromatic rings. The molecule has 9 heteroatoms. The summed E-state index contributed by atoms with van der Waals surface area (Å²) in [4.78, 5) is 29.8. The first-order valence-corrected chi connectivity index (χ1v) is 8.98. The maximum atomic E-state index is 12.2. The number of nitrogens with zero attached hydrogens (tertiary/aromatic N) is 3. The van der Waals surface area contributed by atoms with E-state index in [0.29, 0.717) is 30.0 Å². The summed E-state index contributed by atoms with van der Waals surface area (Å²) in [6.07, 6.45) is 0.347. The minimum Gasteiger partial charge on any atom is -0.444 e. The van der Waals surface area contributed by atoms with Crippen LogP contribution >= 0.6 is 15.9 Å². The second kappa shape index (κ2) is 8.63. The number of carbonyl (C=O) groups excluding carboxylic acids is 2. The number of rotatable bonds is 7. The second-order valence-electron chi connectivity index (χ2n) is 5.76. The molecule has 0 aliphatic carbocycles. The van der Waals surface area contributed by atoms with E-state index in [1.165, 1.54) is 4.90 Å². The smallest absolute Gasteiger partial charge is 0.315 e. The SMILES string of the molecule is CN(CCc1noc(C(=O)NCc2ccccc2)n1)C(=O)c1ccc(Br)o1. The Balaban J connectivity index is 1.50. The molecule has 0 atom stereocenters. The highest BCUT2D eigenvalue weighted by molar-refractivity contribution is 9.10. The summed E-state index contributed by atoms with van der Waals surface area (Å²) in [7, 11) is 1.65. The van der Waals surface area contributed by atoms with E-state index in [1.807, 2.05) is 30.3 Å². The van der Waals surface area contributed by atoms with Crippen LogP contribution in [0, 0.1) is 0 Å². The summed E-state index contributed by atoms with van der Waals surface area (Å²) in [5.41, 5.74) is 0.968. The lowest BCUT2D eigenvalue weighted by atomic mass is 10.2. The fourth-order valence-corrected chi connectivity index (χ4v) is 2.59. The van der Waals surface area contributed by atoms with Crippen LogP contribution in [0.5, 0.6) is 0 Å². The number of hydrogen-bond donors (Lipinski definition) is 1. The molecule has 0 unspecified atom stereocenters. The van der Waals surface area contributed by atoms with Crippen LogP contribution in [0.15, 0.2) is 56.1 Å². The third kappa shape index (κ3) is 5.04. The molecule has 0 spiro atoms. The Kier molecular flexibility index (Phi) is 6.02. The van der Waals surface area contributed by atoms with E-state index in [4.69, 9.17) is 8.94 Å². The van der Waals surface area contributed by atoms with Crippen molar-refractivity contribution < 1.29 is 18.5 Å². The Labute approximate surface area is 163 Å². The van der Waals surface area contributed by atoms with Crippen molar-refractivity contribution >= 4 is 27.7 Å². The fourth-order valence-electron chi connectivity index (χ4n) is 2.29. The van der Waals surface area contributed by atoms with Gasteiger partial charge in [0.15, 0.2) is 16.3 Å². The van der Waals surface area contributed by atoms with E-state index in [9.17, 15) is 9.59 Å². The van der Waals surface area contributed by atoms with Crippen molar-refractivity contribution in [1.82, 2.24) is 20.4 Å². The van der Waals surface area contributed by atoms with E-state index in [-0.39, 0.29) is 17.6 Å². The zero-order valence-electron chi connectivity index (χ0n) is 14.5. The first-order valence-electron chi connectivity index (χ1n) is 8.18. The summed E-state index contributed by atoms with van der Waals surface area (Å²) < 4.78 is 10.7. The van der Waals surface area contributed by atoms with Crippen LogP contribution in [0.3, 0.4) is 0 Å². The molecule has 140 valence electrons. The standard InChI is InChI=1S/C18H17BrN4O4/c1-23(18(25)13-7-8-14(19)26-13)10-9-15-21-17(27-22-15)16(24)20-11-12-5-3-2-4-6-12/h2-8H,9-11H2,1H3,(H,20,24). The van der Waals surface area contributed by atoms with Gasteiger partial charge in [-0.05, 0) is 33.6 Å². The van der Waals surface area contributed by atoms with E-state index in [0.717, 1.165) is 5.56 Å². The summed E-state index contributed by atoms with van der Waals surface area (Å²) in [5, 5.41) is 6.50. The fraction of sp³-hybridized carbons (Fsp3) is 0.222. The predicted molar refractivity (Wildman–Crippen MR) is 99.0 cm³/mol. The highest BCUT2D eigenvalue weighted by atomic mass is 79.9. The Morgan fingerprint density at radius 2 is 1.96 bits per heavy atom. The van der Waals surface area contributed by atoms with Crippen molar-refractivity contribution in [2.45, 2.75) is 13.0 Å². The molecular formula is C18H17BrN4O4. The zero-order chi connectivity index (χ0) is 19.2. The number of carbonyl (C=O) groups is 2. The number of amides is 2. The van der Waals surface area contributed by atoms with Crippen LogP contribution in [0.2, 0.25) is 0 Å². The molecule has 0 aliphatic heterocycles. The van der Waals surface area contributed by atoms with E-state index in [1.54, 1.807) is 19.2 Å². The van der Waals surface area contributed by atoms with Gasteiger partial charge in [0.1, 0.15) is 0 Å². The normalized spacial score (nSPS) is 10.6. The summed E-state index contributed by atoms with van der Waals surface area (Å²) in [5.74, 6) is -0.226. The quantitative estimate of drug-likeness (QED) is 0.615. The first-order chi connectivity index (χ1) is 13.0. The van der Waals surface area contributed by atoms with Crippen LogP contribution in [0.4, 0.5) is 0 Å². The van der Waals surface area contributed by atoms with Crippen LogP contribution < -0.4 is 5.32 Å². The number of halogens is 1. The average molecular weight is 433 g/mol. The van der Waals surface area contributed by atoms with Crippen molar-refractivity contribution in [2.24, 2.45) is 0 Å². The van der Waals surface area contributed by atoms with E-state index >= 15 is 0 Å². The molecule has 0 radical (unpaired) electrons. The number of aromatic nitrogens is 2. The van der Waals surface area contributed by atoms with Crippen molar-refractivity contribution in [2.75, 3.05) is 13.6 Å². The van der Waals surface area contributed by atoms with Crippen molar-refractivity contribution in [3.05, 3.63) is 70.2 Å². The topological polar surface area (TPSA) is 101 Å². The molecule has 0 fully saturated rings. The van der Waals surface area contributed by atoms with E-state index in [2.05, 4.69) is 31.4 Å². The number of hydrogen-bond acceptors (Lipinski definition) is 6. The van der Waals surface area contributed by atoms with Gasteiger partial charge in [-0.25, -0.2) is 0 Å². The van der Waals surface area contributed by atoms with Gasteiger partial charge in [-0.15, -0.1) is 0 Å². The highest BCUT2D eigenvalue weighted by Gasteiger charge is 2.18. The van der Waals surface area contributed by atoms with Crippen LogP contribution in [0.1, 0.15) is 32.6 Å². The lowest BCUT2D eigenvalue weighted by molar-refractivity contribution is 0.0762. The van der Waals surface area contributed by atoms with Gasteiger partial charge in [-0.3, -0.25) is 9.59 Å². The second-order valence-corrected chi connectivity index (χ2v) is 6.55. The Hall–Kier alpha value is -2.94. The van der Waals surface area contributed by atoms with Crippen molar-refractivity contribution in [1.29, 1.82) is 0 Å². The predicted octanol–water partition coefficient (Wildman–Crippen LogP) is 2.67. The molecule has 1 aromatic carbocycles. The number of benzene rings is 1. The van der Waals surface area contributed by atoms with Gasteiger partial charge in [0, 0.05) is 26.6 Å². The molecule has 0 saturated carbocycles. The molecule has 27 heavy (non-hydrogen) atoms. The molecule has 3 rings (SSSR count). The summed E-state index contributed by atoms with van der Waals surface area (Å²) in [6, 6.07) is 12.7. The van der Waals surface area contributed by atoms with Crippen LogP contribution in [0.25, 0.3) is 0 Å². The molecule has 8 nitrogen and oxygen atoms in total. The molecule has 0 bridgehead atoms. The lowest BCUT2D eigenvalue weighted by Crippen LogP contribution is -2.28. The Bertz CT molecular complexity index is 922. The summed E-state index contributed by atoms with van der Waals surface area (Å²) in [6.45, 7) is 0.717. The van der Waals surface area contributed by atoms with Crippen LogP contribution in [-0.4, -0.2) is 40.4 Å². The zero-order valence-corrected chi connectivity index (χ0v) is 16.1. The monoisotopic (exact) mass is 432 g/mol. The number of likely N-dealkylation sites (N-methyl/N-ethyl adjacent to an activating group) is 1. The maximum absolute atomic E-state index is 12.2. The molecule has 0 saturated heterocycles. The van der Waals surface area contributed by atoms with Gasteiger partial charge in [0.05, 0.1) is 0 Å². The van der Waals surface area contributed by atoms with Crippen LogP contribution in [-0.2, 0) is 13.0 Å². The minimum atomic E-state index is -0.442. The van der Waals surface area contributed by atoms with Crippen molar-refractivity contribution in [3.8, 4) is 0 Å². The molecule has 2 heterocycles. The largest absolute Gasteiger partial charge is 0.444 e. The third-order valence-corrected chi connectivity index (χ3v) is 4.19. The third-order valence-electron chi connectivity index (χ3n) is 3.76. The number of nitrogens with one attached hydrogen (secondary N) is 1. The molecule has 2 aromatic heterocycles. The minimum absolute atomic E-state index is 0.107. The van der Waals surface area contributed by atoms with Gasteiger partial charge < -0.3 is 19.2 Å².